The minimum Gasteiger partial charge on any atom is -0.454 e. The largest absolute Gasteiger partial charge is 0.454 e. The number of halogens is 3. The van der Waals surface area contributed by atoms with E-state index in [1.807, 2.05) is 0 Å². The van der Waals surface area contributed by atoms with Crippen molar-refractivity contribution in [1.29, 1.82) is 0 Å². The molecule has 0 fully saturated rings. The summed E-state index contributed by atoms with van der Waals surface area (Å²) in [6.45, 7) is 0.623. The van der Waals surface area contributed by atoms with Gasteiger partial charge < -0.3 is 20.8 Å². The number of primary amides is 1. The Morgan fingerprint density at radius 2 is 2.16 bits per heavy atom. The maximum atomic E-state index is 12.5. The third kappa shape index (κ3) is 5.48. The Bertz CT molecular complexity index is 754. The second kappa shape index (κ2) is 8.01. The van der Waals surface area contributed by atoms with Crippen molar-refractivity contribution in [2.45, 2.75) is 19.1 Å². The van der Waals surface area contributed by atoms with Crippen molar-refractivity contribution in [3.8, 4) is 0 Å². The highest BCUT2D eigenvalue weighted by atomic mass is 32.1. The Morgan fingerprint density at radius 1 is 1.40 bits per heavy atom. The monoisotopic (exact) mass is 375 g/mol. The third-order valence-corrected chi connectivity index (χ3v) is 3.94. The number of amides is 1. The maximum absolute atomic E-state index is 12.5. The zero-order chi connectivity index (χ0) is 18.4. The molecule has 0 aliphatic heterocycles. The van der Waals surface area contributed by atoms with Crippen LogP contribution < -0.4 is 16.4 Å². The Hall–Kier alpha value is -2.56. The van der Waals surface area contributed by atoms with Gasteiger partial charge in [-0.15, -0.1) is 11.3 Å². The lowest BCUT2D eigenvalue weighted by Gasteiger charge is -2.10. The minimum absolute atomic E-state index is 0.0592. The van der Waals surface area contributed by atoms with E-state index >= 15 is 0 Å². The normalized spacial score (nSPS) is 12.2. The van der Waals surface area contributed by atoms with Gasteiger partial charge in [-0.3, -0.25) is 9.79 Å². The average Bonchev–Trinajstić information content (AvgIpc) is 3.19. The molecule has 7 nitrogen and oxygen atoms in total. The Labute approximate surface area is 145 Å². The number of aliphatic imine (C=N–C) groups is 1. The summed E-state index contributed by atoms with van der Waals surface area (Å²) in [5.74, 6) is 0.329. The number of hydrogen-bond acceptors (Lipinski definition) is 5. The van der Waals surface area contributed by atoms with E-state index in [0.717, 1.165) is 16.7 Å². The van der Waals surface area contributed by atoms with Crippen molar-refractivity contribution in [2.75, 3.05) is 13.6 Å². The first-order valence-corrected chi connectivity index (χ1v) is 8.02. The number of hydrogen-bond donors (Lipinski definition) is 3. The van der Waals surface area contributed by atoms with Gasteiger partial charge in [0.25, 0.3) is 5.91 Å². The average molecular weight is 375 g/mol. The summed E-state index contributed by atoms with van der Waals surface area (Å²) in [5, 5.41) is 7.28. The second-order valence-electron chi connectivity index (χ2n) is 4.86. The molecule has 0 aliphatic rings. The van der Waals surface area contributed by atoms with E-state index in [2.05, 4.69) is 20.6 Å². The van der Waals surface area contributed by atoms with Crippen LogP contribution >= 0.6 is 11.3 Å². The summed E-state index contributed by atoms with van der Waals surface area (Å²) in [4.78, 5) is 18.5. The zero-order valence-corrected chi connectivity index (χ0v) is 14.0. The number of aromatic nitrogens is 1. The van der Waals surface area contributed by atoms with Gasteiger partial charge in [0, 0.05) is 25.4 Å². The van der Waals surface area contributed by atoms with Gasteiger partial charge in [-0.05, 0) is 12.1 Å². The van der Waals surface area contributed by atoms with Gasteiger partial charge >= 0.3 is 6.18 Å². The van der Waals surface area contributed by atoms with Gasteiger partial charge in [-0.2, -0.15) is 13.2 Å². The lowest BCUT2D eigenvalue weighted by molar-refractivity contribution is -0.140. The molecule has 0 unspecified atom stereocenters. The molecule has 2 aromatic heterocycles. The smallest absolute Gasteiger partial charge is 0.434 e. The van der Waals surface area contributed by atoms with Crippen LogP contribution in [0, 0.1) is 0 Å². The number of rotatable bonds is 6. The molecule has 136 valence electrons. The first-order chi connectivity index (χ1) is 11.8. The minimum atomic E-state index is -4.42. The summed E-state index contributed by atoms with van der Waals surface area (Å²) < 4.78 is 42.7. The number of nitrogens with one attached hydrogen (secondary N) is 2. The molecule has 4 N–H and O–H groups in total. The van der Waals surface area contributed by atoms with E-state index in [1.165, 1.54) is 6.07 Å². The number of nitrogens with two attached hydrogens (primary N) is 1. The quantitative estimate of drug-likeness (QED) is 0.527. The van der Waals surface area contributed by atoms with Crippen LogP contribution in [0.3, 0.4) is 0 Å². The van der Waals surface area contributed by atoms with E-state index in [-0.39, 0.29) is 12.3 Å². The Balaban J connectivity index is 1.78. The molecule has 0 bridgehead atoms. The Morgan fingerprint density at radius 3 is 2.72 bits per heavy atom. The molecule has 0 saturated carbocycles. The van der Waals surface area contributed by atoms with Crippen molar-refractivity contribution in [1.82, 2.24) is 15.6 Å². The molecule has 0 aromatic carbocycles. The van der Waals surface area contributed by atoms with E-state index in [1.54, 1.807) is 13.1 Å². The topological polar surface area (TPSA) is 106 Å². The summed E-state index contributed by atoms with van der Waals surface area (Å²) in [5.41, 5.74) is 4.22. The maximum Gasteiger partial charge on any atom is 0.434 e. The summed E-state index contributed by atoms with van der Waals surface area (Å²) in [7, 11) is 1.55. The first kappa shape index (κ1) is 18.8. The highest BCUT2D eigenvalue weighted by Gasteiger charge is 2.33. The van der Waals surface area contributed by atoms with Crippen molar-refractivity contribution < 1.29 is 22.4 Å². The fourth-order valence-electron chi connectivity index (χ4n) is 1.84. The number of guanidine groups is 1. The van der Waals surface area contributed by atoms with Crippen LogP contribution in [-0.4, -0.2) is 30.4 Å². The van der Waals surface area contributed by atoms with Gasteiger partial charge in [-0.25, -0.2) is 4.98 Å². The van der Waals surface area contributed by atoms with Gasteiger partial charge in [0.15, 0.2) is 17.4 Å². The number of alkyl halides is 3. The number of carbonyl (C=O) groups is 1. The van der Waals surface area contributed by atoms with Crippen LogP contribution in [0.5, 0.6) is 0 Å². The number of furan rings is 1. The summed E-state index contributed by atoms with van der Waals surface area (Å²) in [6.07, 6.45) is -4.10. The Kier molecular flexibility index (Phi) is 6.02. The van der Waals surface area contributed by atoms with Crippen LogP contribution in [0.25, 0.3) is 0 Å². The van der Waals surface area contributed by atoms with E-state index in [9.17, 15) is 18.0 Å². The van der Waals surface area contributed by atoms with Crippen molar-refractivity contribution in [3.05, 3.63) is 39.7 Å². The molecule has 25 heavy (non-hydrogen) atoms. The van der Waals surface area contributed by atoms with Gasteiger partial charge in [0.2, 0.25) is 0 Å². The lowest BCUT2D eigenvalue weighted by Crippen LogP contribution is -2.37. The highest BCUT2D eigenvalue weighted by Crippen LogP contribution is 2.29. The summed E-state index contributed by atoms with van der Waals surface area (Å²) >= 11 is 0.961. The second-order valence-corrected chi connectivity index (χ2v) is 5.80. The number of thiazole rings is 1. The van der Waals surface area contributed by atoms with E-state index in [4.69, 9.17) is 10.2 Å². The van der Waals surface area contributed by atoms with Crippen molar-refractivity contribution in [3.63, 3.8) is 0 Å². The molecule has 0 saturated heterocycles. The molecule has 1 amide bonds. The standard InChI is InChI=1S/C14H16F3N5O2S/c1-19-13(21-6-8-2-3-9(24-8)12(18)23)20-5-4-11-22-10(7-25-11)14(15,16)17/h2-3,7H,4-6H2,1H3,(H2,18,23)(H2,19,20,21). The molecular formula is C14H16F3N5O2S. The molecule has 2 rings (SSSR count). The van der Waals surface area contributed by atoms with Gasteiger partial charge in [0.1, 0.15) is 5.76 Å². The fraction of sp³-hybridized carbons (Fsp3) is 0.357. The lowest BCUT2D eigenvalue weighted by atomic mass is 10.4. The predicted octanol–water partition coefficient (Wildman–Crippen LogP) is 1.76. The van der Waals surface area contributed by atoms with E-state index in [0.29, 0.717) is 29.7 Å². The fourth-order valence-corrected chi connectivity index (χ4v) is 2.65. The van der Waals surface area contributed by atoms with E-state index < -0.39 is 17.8 Å². The van der Waals surface area contributed by atoms with Gasteiger partial charge in [0.05, 0.1) is 11.6 Å². The SMILES string of the molecule is CN=C(NCCc1nc(C(F)(F)F)cs1)NCc1ccc(C(N)=O)o1. The van der Waals surface area contributed by atoms with Crippen molar-refractivity contribution in [2.24, 2.45) is 10.7 Å². The molecule has 0 atom stereocenters. The van der Waals surface area contributed by atoms with Crippen LogP contribution in [0.15, 0.2) is 26.9 Å². The highest BCUT2D eigenvalue weighted by molar-refractivity contribution is 7.09. The third-order valence-electron chi connectivity index (χ3n) is 3.03. The molecule has 0 aliphatic carbocycles. The molecular weight excluding hydrogens is 359 g/mol. The molecule has 2 heterocycles. The predicted molar refractivity (Wildman–Crippen MR) is 86.2 cm³/mol. The molecule has 11 heteroatoms. The molecule has 0 spiro atoms. The van der Waals surface area contributed by atoms with Crippen LogP contribution in [-0.2, 0) is 19.1 Å². The van der Waals surface area contributed by atoms with Crippen LogP contribution in [0.2, 0.25) is 0 Å². The van der Waals surface area contributed by atoms with Crippen molar-refractivity contribution >= 4 is 23.2 Å². The van der Waals surface area contributed by atoms with Crippen LogP contribution in [0.4, 0.5) is 13.2 Å². The zero-order valence-electron chi connectivity index (χ0n) is 13.2. The number of carbonyl (C=O) groups excluding carboxylic acids is 1. The van der Waals surface area contributed by atoms with Gasteiger partial charge in [-0.1, -0.05) is 0 Å². The van der Waals surface area contributed by atoms with Crippen LogP contribution in [0.1, 0.15) is 27.0 Å². The first-order valence-electron chi connectivity index (χ1n) is 7.14. The molecule has 2 aromatic rings. The number of nitrogens with zero attached hydrogens (tertiary/aromatic N) is 2. The summed E-state index contributed by atoms with van der Waals surface area (Å²) in [6, 6.07) is 3.07. The molecule has 0 radical (unpaired) electrons.